The van der Waals surface area contributed by atoms with Crippen molar-refractivity contribution >= 4 is 44.1 Å². The van der Waals surface area contributed by atoms with Crippen LogP contribution in [-0.2, 0) is 6.54 Å². The van der Waals surface area contributed by atoms with Gasteiger partial charge in [-0.05, 0) is 42.0 Å². The van der Waals surface area contributed by atoms with Crippen LogP contribution in [0, 0.1) is 0 Å². The summed E-state index contributed by atoms with van der Waals surface area (Å²) in [5.74, 6) is 2.26. The highest BCUT2D eigenvalue weighted by Gasteiger charge is 2.21. The van der Waals surface area contributed by atoms with Gasteiger partial charge in [0.15, 0.2) is 5.82 Å². The number of aromatic nitrogens is 4. The number of hydrogen-bond acceptors (Lipinski definition) is 5. The van der Waals surface area contributed by atoms with Crippen molar-refractivity contribution in [3.63, 3.8) is 0 Å². The van der Waals surface area contributed by atoms with Gasteiger partial charge in [-0.1, -0.05) is 45.7 Å². The number of nitrogens with one attached hydrogen (secondary N) is 2. The molecule has 0 spiro atoms. The topological polar surface area (TPSA) is 77.0 Å². The van der Waals surface area contributed by atoms with Crippen molar-refractivity contribution < 1.29 is 9.47 Å². The standard InChI is InChI=1S/C26H21BrClN5O2/c1-34-18-5-2-15(3-6-18)13-33-14-30-26(32-33)19-7-4-16(10-20(19)28)24-25-23-21(31-24)11-17(27)12-22(23)35-9-8-29-25/h2-7,10-12,14,29,31H,8-9,13H2,1H3. The zero-order valence-corrected chi connectivity index (χ0v) is 21.2. The molecule has 2 N–H and O–H groups in total. The average Bonchev–Trinajstić information content (AvgIpc) is 3.40. The van der Waals surface area contributed by atoms with Crippen molar-refractivity contribution in [2.24, 2.45) is 0 Å². The van der Waals surface area contributed by atoms with Crippen LogP contribution in [0.25, 0.3) is 33.5 Å². The molecule has 6 rings (SSSR count). The molecular formula is C26H21BrClN5O2. The second-order valence-corrected chi connectivity index (χ2v) is 9.61. The van der Waals surface area contributed by atoms with E-state index in [1.807, 2.05) is 48.5 Å². The van der Waals surface area contributed by atoms with Gasteiger partial charge in [0.05, 0.1) is 41.0 Å². The Labute approximate surface area is 215 Å². The van der Waals surface area contributed by atoms with E-state index < -0.39 is 0 Å². The maximum Gasteiger partial charge on any atom is 0.182 e. The van der Waals surface area contributed by atoms with Crippen LogP contribution in [0.15, 0.2) is 65.4 Å². The fourth-order valence-corrected chi connectivity index (χ4v) is 5.07. The number of hydrogen-bond donors (Lipinski definition) is 2. The van der Waals surface area contributed by atoms with Crippen LogP contribution < -0.4 is 14.8 Å². The molecule has 2 aromatic heterocycles. The number of benzene rings is 3. The fraction of sp³-hybridized carbons (Fsp3) is 0.154. The maximum absolute atomic E-state index is 6.74. The zero-order chi connectivity index (χ0) is 23.9. The molecule has 0 saturated heterocycles. The molecule has 0 aliphatic carbocycles. The van der Waals surface area contributed by atoms with Crippen LogP contribution in [0.3, 0.4) is 0 Å². The summed E-state index contributed by atoms with van der Waals surface area (Å²) in [6.07, 6.45) is 1.72. The minimum Gasteiger partial charge on any atom is -0.497 e. The lowest BCUT2D eigenvalue weighted by atomic mass is 10.1. The molecular weight excluding hydrogens is 530 g/mol. The van der Waals surface area contributed by atoms with E-state index in [0.717, 1.165) is 54.9 Å². The third-order valence-corrected chi connectivity index (χ3v) is 6.80. The normalized spacial score (nSPS) is 12.8. The van der Waals surface area contributed by atoms with Crippen molar-refractivity contribution in [3.8, 4) is 34.1 Å². The number of anilines is 1. The molecule has 3 heterocycles. The van der Waals surface area contributed by atoms with E-state index in [1.165, 1.54) is 0 Å². The van der Waals surface area contributed by atoms with Gasteiger partial charge in [0.2, 0.25) is 0 Å². The van der Waals surface area contributed by atoms with Crippen LogP contribution in [0.1, 0.15) is 5.56 Å². The van der Waals surface area contributed by atoms with E-state index in [-0.39, 0.29) is 0 Å². The van der Waals surface area contributed by atoms with Crippen molar-refractivity contribution in [1.82, 2.24) is 19.7 Å². The highest BCUT2D eigenvalue weighted by molar-refractivity contribution is 9.10. The maximum atomic E-state index is 6.74. The number of H-pyrrole nitrogens is 1. The monoisotopic (exact) mass is 549 g/mol. The van der Waals surface area contributed by atoms with Crippen molar-refractivity contribution in [3.05, 3.63) is 76.0 Å². The second kappa shape index (κ2) is 8.94. The first-order valence-electron chi connectivity index (χ1n) is 11.1. The molecule has 176 valence electrons. The van der Waals surface area contributed by atoms with Gasteiger partial charge in [0, 0.05) is 22.1 Å². The van der Waals surface area contributed by atoms with E-state index in [9.17, 15) is 0 Å². The first kappa shape index (κ1) is 22.0. The largest absolute Gasteiger partial charge is 0.497 e. The summed E-state index contributed by atoms with van der Waals surface area (Å²) in [5.41, 5.74) is 5.84. The van der Waals surface area contributed by atoms with E-state index in [0.29, 0.717) is 30.5 Å². The predicted molar refractivity (Wildman–Crippen MR) is 142 cm³/mol. The quantitative estimate of drug-likeness (QED) is 0.266. The molecule has 1 aliphatic heterocycles. The molecule has 9 heteroatoms. The number of rotatable bonds is 5. The lowest BCUT2D eigenvalue weighted by Gasteiger charge is -2.08. The molecule has 0 fully saturated rings. The van der Waals surface area contributed by atoms with Crippen molar-refractivity contribution in [1.29, 1.82) is 0 Å². The van der Waals surface area contributed by atoms with E-state index in [4.69, 9.17) is 21.1 Å². The summed E-state index contributed by atoms with van der Waals surface area (Å²) >= 11 is 10.3. The highest BCUT2D eigenvalue weighted by atomic mass is 79.9. The molecule has 3 aromatic carbocycles. The zero-order valence-electron chi connectivity index (χ0n) is 18.8. The first-order valence-corrected chi connectivity index (χ1v) is 12.3. The summed E-state index contributed by atoms with van der Waals surface area (Å²) < 4.78 is 13.9. The van der Waals surface area contributed by atoms with Crippen LogP contribution in [0.4, 0.5) is 5.69 Å². The molecule has 0 atom stereocenters. The minimum absolute atomic E-state index is 0.585. The van der Waals surface area contributed by atoms with Crippen LogP contribution >= 0.6 is 27.5 Å². The van der Waals surface area contributed by atoms with Gasteiger partial charge in [0.25, 0.3) is 0 Å². The average molecular weight is 551 g/mol. The molecule has 7 nitrogen and oxygen atoms in total. The molecule has 35 heavy (non-hydrogen) atoms. The lowest BCUT2D eigenvalue weighted by molar-refractivity contribution is 0.339. The molecule has 0 radical (unpaired) electrons. The van der Waals surface area contributed by atoms with E-state index in [1.54, 1.807) is 18.1 Å². The molecule has 0 amide bonds. The summed E-state index contributed by atoms with van der Waals surface area (Å²) in [7, 11) is 1.66. The van der Waals surface area contributed by atoms with Gasteiger partial charge >= 0.3 is 0 Å². The molecule has 0 unspecified atom stereocenters. The Bertz CT molecular complexity index is 1540. The Morgan fingerprint density at radius 2 is 2.00 bits per heavy atom. The smallest absolute Gasteiger partial charge is 0.182 e. The summed E-state index contributed by atoms with van der Waals surface area (Å²) in [6, 6.07) is 17.9. The molecule has 5 aromatic rings. The predicted octanol–water partition coefficient (Wildman–Crippen LogP) is 6.37. The number of nitrogens with zero attached hydrogens (tertiary/aromatic N) is 3. The highest BCUT2D eigenvalue weighted by Crippen LogP contribution is 2.43. The van der Waals surface area contributed by atoms with Gasteiger partial charge in [-0.3, -0.25) is 0 Å². The molecule has 0 bridgehead atoms. The Kier molecular flexibility index (Phi) is 5.62. The van der Waals surface area contributed by atoms with Crippen LogP contribution in [-0.4, -0.2) is 40.0 Å². The second-order valence-electron chi connectivity index (χ2n) is 8.29. The first-order chi connectivity index (χ1) is 17.1. The SMILES string of the molecule is COc1ccc(Cn2cnc(-c3ccc(-c4[nH]c5cc(Br)cc6c5c4NCCO6)cc3Cl)n2)cc1. The third-order valence-electron chi connectivity index (χ3n) is 6.03. The van der Waals surface area contributed by atoms with Gasteiger partial charge in [-0.2, -0.15) is 5.10 Å². The van der Waals surface area contributed by atoms with Gasteiger partial charge in [-0.15, -0.1) is 0 Å². The van der Waals surface area contributed by atoms with Gasteiger partial charge < -0.3 is 19.8 Å². The Hall–Kier alpha value is -3.49. The Morgan fingerprint density at radius 3 is 2.80 bits per heavy atom. The Morgan fingerprint density at radius 1 is 1.14 bits per heavy atom. The van der Waals surface area contributed by atoms with Gasteiger partial charge in [-0.25, -0.2) is 9.67 Å². The van der Waals surface area contributed by atoms with Gasteiger partial charge in [0.1, 0.15) is 24.4 Å². The third kappa shape index (κ3) is 4.13. The lowest BCUT2D eigenvalue weighted by Crippen LogP contribution is -2.08. The Balaban J connectivity index is 1.31. The summed E-state index contributed by atoms with van der Waals surface area (Å²) in [6.45, 7) is 1.93. The number of ether oxygens (including phenoxy) is 2. The number of methoxy groups -OCH3 is 1. The summed E-state index contributed by atoms with van der Waals surface area (Å²) in [4.78, 5) is 8.02. The van der Waals surface area contributed by atoms with Crippen molar-refractivity contribution in [2.45, 2.75) is 6.54 Å². The molecule has 1 aliphatic rings. The summed E-state index contributed by atoms with van der Waals surface area (Å²) in [5, 5.41) is 9.77. The fourth-order valence-electron chi connectivity index (χ4n) is 4.37. The minimum atomic E-state index is 0.585. The molecule has 0 saturated carbocycles. The number of halogens is 2. The van der Waals surface area contributed by atoms with Crippen LogP contribution in [0.5, 0.6) is 11.5 Å². The van der Waals surface area contributed by atoms with E-state index in [2.05, 4.69) is 42.4 Å². The van der Waals surface area contributed by atoms with Crippen LogP contribution in [0.2, 0.25) is 5.02 Å². The number of aromatic amines is 1. The van der Waals surface area contributed by atoms with E-state index >= 15 is 0 Å². The van der Waals surface area contributed by atoms with Crippen molar-refractivity contribution in [2.75, 3.05) is 25.6 Å².